The Bertz CT molecular complexity index is 754. The average molecular weight is 387 g/mol. The van der Waals surface area contributed by atoms with Crippen molar-refractivity contribution in [1.82, 2.24) is 15.2 Å². The number of carbonyl (C=O) groups is 2. The topological polar surface area (TPSA) is 74.3 Å². The number of amides is 2. The Balaban J connectivity index is 1.45. The second kappa shape index (κ2) is 9.62. The monoisotopic (exact) mass is 386 g/mol. The molecule has 0 radical (unpaired) electrons. The maximum absolute atomic E-state index is 12.3. The maximum atomic E-state index is 12.3. The minimum atomic E-state index is -0.195. The van der Waals surface area contributed by atoms with E-state index in [-0.39, 0.29) is 24.3 Å². The first-order valence-electron chi connectivity index (χ1n) is 9.46. The van der Waals surface area contributed by atoms with Crippen LogP contribution in [0.4, 0.5) is 5.13 Å². The third kappa shape index (κ3) is 5.87. The van der Waals surface area contributed by atoms with Gasteiger partial charge in [0.05, 0.1) is 12.1 Å². The highest BCUT2D eigenvalue weighted by Gasteiger charge is 2.20. The van der Waals surface area contributed by atoms with Crippen LogP contribution in [0.15, 0.2) is 35.7 Å². The molecule has 0 saturated carbocycles. The molecule has 3 rings (SSSR count). The van der Waals surface area contributed by atoms with Gasteiger partial charge in [-0.1, -0.05) is 25.1 Å². The van der Waals surface area contributed by atoms with Crippen molar-refractivity contribution in [3.63, 3.8) is 0 Å². The van der Waals surface area contributed by atoms with Crippen molar-refractivity contribution in [1.29, 1.82) is 0 Å². The highest BCUT2D eigenvalue weighted by Crippen LogP contribution is 2.17. The summed E-state index contributed by atoms with van der Waals surface area (Å²) in [5.74, 6) is -0.199. The van der Waals surface area contributed by atoms with Crippen LogP contribution in [0.1, 0.15) is 42.2 Å². The number of anilines is 1. The van der Waals surface area contributed by atoms with E-state index >= 15 is 0 Å². The molecule has 2 heterocycles. The summed E-state index contributed by atoms with van der Waals surface area (Å²) in [4.78, 5) is 31.3. The van der Waals surface area contributed by atoms with Crippen molar-refractivity contribution in [3.05, 3.63) is 47.0 Å². The van der Waals surface area contributed by atoms with Gasteiger partial charge in [0, 0.05) is 30.1 Å². The lowest BCUT2D eigenvalue weighted by Gasteiger charge is -2.32. The number of aromatic nitrogens is 1. The average Bonchev–Trinajstić information content (AvgIpc) is 3.11. The first kappa shape index (κ1) is 19.5. The first-order chi connectivity index (χ1) is 13.1. The van der Waals surface area contributed by atoms with Gasteiger partial charge >= 0.3 is 0 Å². The summed E-state index contributed by atoms with van der Waals surface area (Å²) in [6.45, 7) is 5.42. The third-order valence-electron chi connectivity index (χ3n) is 4.64. The van der Waals surface area contributed by atoms with Crippen molar-refractivity contribution in [2.75, 3.05) is 25.0 Å². The molecule has 2 N–H and O–H groups in total. The zero-order valence-corrected chi connectivity index (χ0v) is 16.4. The Morgan fingerprint density at radius 3 is 2.67 bits per heavy atom. The van der Waals surface area contributed by atoms with Gasteiger partial charge in [0.15, 0.2) is 5.13 Å². The molecule has 1 aliphatic heterocycles. The van der Waals surface area contributed by atoms with Gasteiger partial charge in [-0.3, -0.25) is 14.9 Å². The van der Waals surface area contributed by atoms with Gasteiger partial charge in [-0.15, -0.1) is 11.3 Å². The van der Waals surface area contributed by atoms with Crippen LogP contribution in [0.3, 0.4) is 0 Å². The summed E-state index contributed by atoms with van der Waals surface area (Å²) in [5, 5.41) is 8.24. The fourth-order valence-corrected chi connectivity index (χ4v) is 3.97. The summed E-state index contributed by atoms with van der Waals surface area (Å²) in [7, 11) is 0. The number of piperidine rings is 1. The van der Waals surface area contributed by atoms with E-state index in [1.165, 1.54) is 17.8 Å². The number of hydrogen-bond donors (Lipinski definition) is 2. The molecule has 0 aliphatic carbocycles. The molecule has 0 unspecified atom stereocenters. The minimum Gasteiger partial charge on any atom is -0.353 e. The van der Waals surface area contributed by atoms with Crippen LogP contribution in [0.2, 0.25) is 0 Å². The Kier molecular flexibility index (Phi) is 6.95. The van der Waals surface area contributed by atoms with E-state index in [9.17, 15) is 9.59 Å². The van der Waals surface area contributed by atoms with E-state index in [4.69, 9.17) is 0 Å². The van der Waals surface area contributed by atoms with Gasteiger partial charge in [0.2, 0.25) is 5.91 Å². The summed E-state index contributed by atoms with van der Waals surface area (Å²) in [6.07, 6.45) is 3.42. The van der Waals surface area contributed by atoms with Gasteiger partial charge in [-0.2, -0.15) is 0 Å². The Hall–Kier alpha value is -2.25. The molecule has 1 aromatic heterocycles. The normalized spacial score (nSPS) is 15.4. The number of rotatable bonds is 7. The molecular formula is C20H26N4O2S. The maximum Gasteiger partial charge on any atom is 0.257 e. The predicted molar refractivity (Wildman–Crippen MR) is 108 cm³/mol. The third-order valence-corrected chi connectivity index (χ3v) is 5.45. The predicted octanol–water partition coefficient (Wildman–Crippen LogP) is 2.93. The first-order valence-corrected chi connectivity index (χ1v) is 10.3. The van der Waals surface area contributed by atoms with Crippen LogP contribution in [-0.2, 0) is 11.2 Å². The number of nitrogens with one attached hydrogen (secondary N) is 2. The number of hydrogen-bond acceptors (Lipinski definition) is 5. The molecular weight excluding hydrogens is 360 g/mol. The Morgan fingerprint density at radius 1 is 1.22 bits per heavy atom. The van der Waals surface area contributed by atoms with E-state index in [1.807, 2.05) is 23.6 Å². The number of nitrogens with zero attached hydrogens (tertiary/aromatic N) is 2. The van der Waals surface area contributed by atoms with Gasteiger partial charge in [-0.25, -0.2) is 4.98 Å². The lowest BCUT2D eigenvalue weighted by molar-refractivity contribution is -0.121. The van der Waals surface area contributed by atoms with Crippen LogP contribution in [-0.4, -0.2) is 47.4 Å². The minimum absolute atomic E-state index is 0.00447. The molecule has 0 atom stereocenters. The van der Waals surface area contributed by atoms with E-state index in [1.54, 1.807) is 12.1 Å². The van der Waals surface area contributed by atoms with Gasteiger partial charge in [0.1, 0.15) is 0 Å². The molecule has 27 heavy (non-hydrogen) atoms. The number of likely N-dealkylation sites (tertiary alicyclic amines) is 1. The molecule has 1 fully saturated rings. The fourth-order valence-electron chi connectivity index (χ4n) is 3.26. The smallest absolute Gasteiger partial charge is 0.257 e. The number of thiazole rings is 1. The molecule has 2 amide bonds. The molecule has 144 valence electrons. The van der Waals surface area contributed by atoms with Crippen molar-refractivity contribution >= 4 is 28.3 Å². The Labute approximate surface area is 164 Å². The fraction of sp³-hybridized carbons (Fsp3) is 0.450. The van der Waals surface area contributed by atoms with E-state index in [0.717, 1.165) is 32.5 Å². The van der Waals surface area contributed by atoms with Crippen molar-refractivity contribution in [2.24, 2.45) is 0 Å². The second-order valence-electron chi connectivity index (χ2n) is 6.82. The zero-order valence-electron chi connectivity index (χ0n) is 15.6. The summed E-state index contributed by atoms with van der Waals surface area (Å²) < 4.78 is 0. The molecule has 1 aliphatic rings. The summed E-state index contributed by atoms with van der Waals surface area (Å²) in [5.41, 5.74) is 1.27. The molecule has 1 aromatic carbocycles. The van der Waals surface area contributed by atoms with Crippen molar-refractivity contribution in [2.45, 2.75) is 38.6 Å². The van der Waals surface area contributed by atoms with Crippen LogP contribution < -0.4 is 10.6 Å². The standard InChI is InChI=1S/C20H26N4O2S/c1-2-10-24-11-8-16(9-12-24)21-18(25)13-17-14-27-20(22-17)23-19(26)15-6-4-3-5-7-15/h3-7,14,16H,2,8-13H2,1H3,(H,21,25)(H,22,23,26). The lowest BCUT2D eigenvalue weighted by Crippen LogP contribution is -2.45. The quantitative estimate of drug-likeness (QED) is 0.767. The molecule has 7 heteroatoms. The molecule has 6 nitrogen and oxygen atoms in total. The van der Waals surface area contributed by atoms with Crippen LogP contribution in [0.5, 0.6) is 0 Å². The molecule has 1 saturated heterocycles. The summed E-state index contributed by atoms with van der Waals surface area (Å²) in [6, 6.07) is 9.26. The second-order valence-corrected chi connectivity index (χ2v) is 7.68. The van der Waals surface area contributed by atoms with Crippen molar-refractivity contribution in [3.8, 4) is 0 Å². The van der Waals surface area contributed by atoms with Gasteiger partial charge in [-0.05, 0) is 37.9 Å². The van der Waals surface area contributed by atoms with E-state index in [0.29, 0.717) is 16.4 Å². The van der Waals surface area contributed by atoms with Gasteiger partial charge < -0.3 is 10.2 Å². The summed E-state index contributed by atoms with van der Waals surface area (Å²) >= 11 is 1.34. The Morgan fingerprint density at radius 2 is 1.96 bits per heavy atom. The molecule has 2 aromatic rings. The largest absolute Gasteiger partial charge is 0.353 e. The number of benzene rings is 1. The van der Waals surface area contributed by atoms with Crippen LogP contribution in [0.25, 0.3) is 0 Å². The van der Waals surface area contributed by atoms with Gasteiger partial charge in [0.25, 0.3) is 5.91 Å². The highest BCUT2D eigenvalue weighted by atomic mass is 32.1. The van der Waals surface area contributed by atoms with Crippen LogP contribution >= 0.6 is 11.3 Å². The molecule has 0 bridgehead atoms. The van der Waals surface area contributed by atoms with E-state index in [2.05, 4.69) is 27.4 Å². The SMILES string of the molecule is CCCN1CCC(NC(=O)Cc2csc(NC(=O)c3ccccc3)n2)CC1. The zero-order chi connectivity index (χ0) is 19.1. The molecule has 0 spiro atoms. The highest BCUT2D eigenvalue weighted by molar-refractivity contribution is 7.14. The van der Waals surface area contributed by atoms with Crippen LogP contribution in [0, 0.1) is 0 Å². The number of carbonyl (C=O) groups excluding carboxylic acids is 2. The lowest BCUT2D eigenvalue weighted by atomic mass is 10.0. The van der Waals surface area contributed by atoms with E-state index < -0.39 is 0 Å². The van der Waals surface area contributed by atoms with Crippen molar-refractivity contribution < 1.29 is 9.59 Å².